The topological polar surface area (TPSA) is 49.4 Å². The zero-order valence-electron chi connectivity index (χ0n) is 18.3. The molecule has 28 heavy (non-hydrogen) atoms. The van der Waals surface area contributed by atoms with Gasteiger partial charge in [-0.1, -0.05) is 46.0 Å². The average molecular weight is 391 g/mol. The fourth-order valence-corrected chi connectivity index (χ4v) is 6.58. The summed E-state index contributed by atoms with van der Waals surface area (Å²) in [5, 5.41) is 3.44. The minimum Gasteiger partial charge on any atom is -0.353 e. The molecule has 0 aromatic rings. The second kappa shape index (κ2) is 10.1. The second-order valence-electron chi connectivity index (χ2n) is 9.58. The first-order valence-electron chi connectivity index (χ1n) is 12.2. The summed E-state index contributed by atoms with van der Waals surface area (Å²) in [6.07, 6.45) is 16.4. The Labute approximate surface area is 172 Å². The summed E-state index contributed by atoms with van der Waals surface area (Å²) in [7, 11) is 0. The molecule has 3 aliphatic rings. The van der Waals surface area contributed by atoms with Crippen LogP contribution in [0.5, 0.6) is 0 Å². The van der Waals surface area contributed by atoms with Crippen molar-refractivity contribution in [3.05, 3.63) is 0 Å². The lowest BCUT2D eigenvalue weighted by Crippen LogP contribution is -2.60. The Morgan fingerprint density at radius 1 is 1.07 bits per heavy atom. The van der Waals surface area contributed by atoms with E-state index < -0.39 is 0 Å². The minimum absolute atomic E-state index is 0.106. The molecule has 0 radical (unpaired) electrons. The number of amides is 2. The number of carbonyl (C=O) groups excluding carboxylic acids is 2. The highest BCUT2D eigenvalue weighted by molar-refractivity contribution is 5.78. The lowest BCUT2D eigenvalue weighted by Gasteiger charge is -2.53. The van der Waals surface area contributed by atoms with Gasteiger partial charge >= 0.3 is 0 Å². The third-order valence-corrected chi connectivity index (χ3v) is 7.82. The molecule has 160 valence electrons. The first kappa shape index (κ1) is 21.6. The van der Waals surface area contributed by atoms with E-state index in [1.54, 1.807) is 0 Å². The summed E-state index contributed by atoms with van der Waals surface area (Å²) >= 11 is 0. The van der Waals surface area contributed by atoms with Crippen molar-refractivity contribution < 1.29 is 9.59 Å². The van der Waals surface area contributed by atoms with E-state index in [0.29, 0.717) is 30.2 Å². The molecule has 1 spiro atoms. The van der Waals surface area contributed by atoms with Crippen LogP contribution in [0.4, 0.5) is 0 Å². The van der Waals surface area contributed by atoms with Crippen molar-refractivity contribution in [2.75, 3.05) is 6.54 Å². The highest BCUT2D eigenvalue weighted by atomic mass is 16.2. The summed E-state index contributed by atoms with van der Waals surface area (Å²) in [6, 6.07) is 0.314. The summed E-state index contributed by atoms with van der Waals surface area (Å²) in [6.45, 7) is 5.45. The van der Waals surface area contributed by atoms with Crippen LogP contribution in [0, 0.1) is 11.8 Å². The number of unbranched alkanes of at least 4 members (excludes halogenated alkanes) is 4. The predicted octanol–water partition coefficient (Wildman–Crippen LogP) is 5.20. The van der Waals surface area contributed by atoms with Crippen molar-refractivity contribution in [1.82, 2.24) is 10.2 Å². The van der Waals surface area contributed by atoms with Crippen LogP contribution in [0.1, 0.15) is 110 Å². The summed E-state index contributed by atoms with van der Waals surface area (Å²) in [5.74, 6) is 1.76. The monoisotopic (exact) mass is 390 g/mol. The van der Waals surface area contributed by atoms with Crippen molar-refractivity contribution in [2.45, 2.75) is 122 Å². The van der Waals surface area contributed by atoms with Gasteiger partial charge in [0.25, 0.3) is 0 Å². The molecule has 0 bridgehead atoms. The van der Waals surface area contributed by atoms with Gasteiger partial charge in [0, 0.05) is 31.0 Å². The van der Waals surface area contributed by atoms with Gasteiger partial charge in [0.15, 0.2) is 0 Å². The van der Waals surface area contributed by atoms with Gasteiger partial charge in [-0.3, -0.25) is 9.59 Å². The molecule has 4 atom stereocenters. The molecule has 3 fully saturated rings. The number of rotatable bonds is 9. The fraction of sp³-hybridized carbons (Fsp3) is 0.917. The molecule has 0 aromatic carbocycles. The third kappa shape index (κ3) is 4.57. The maximum atomic E-state index is 12.7. The first-order chi connectivity index (χ1) is 13.6. The van der Waals surface area contributed by atoms with E-state index >= 15 is 0 Å². The molecule has 0 aromatic heterocycles. The molecule has 4 heteroatoms. The zero-order valence-corrected chi connectivity index (χ0v) is 18.3. The first-order valence-corrected chi connectivity index (χ1v) is 12.2. The number of nitrogens with one attached hydrogen (secondary N) is 1. The Kier molecular flexibility index (Phi) is 7.82. The van der Waals surface area contributed by atoms with Gasteiger partial charge in [0.2, 0.25) is 11.8 Å². The van der Waals surface area contributed by atoms with Crippen LogP contribution in [0.2, 0.25) is 0 Å². The Balaban J connectivity index is 1.64. The van der Waals surface area contributed by atoms with Crippen molar-refractivity contribution in [3.63, 3.8) is 0 Å². The highest BCUT2D eigenvalue weighted by Gasteiger charge is 2.55. The molecule has 1 saturated carbocycles. The smallest absolute Gasteiger partial charge is 0.223 e. The molecule has 2 heterocycles. The number of nitrogens with zero attached hydrogens (tertiary/aromatic N) is 1. The molecule has 1 N–H and O–H groups in total. The zero-order chi connectivity index (χ0) is 20.0. The van der Waals surface area contributed by atoms with E-state index in [4.69, 9.17) is 0 Å². The van der Waals surface area contributed by atoms with Gasteiger partial charge in [-0.05, 0) is 63.2 Å². The van der Waals surface area contributed by atoms with Crippen molar-refractivity contribution >= 4 is 11.8 Å². The number of hydrogen-bond donors (Lipinski definition) is 1. The van der Waals surface area contributed by atoms with E-state index in [9.17, 15) is 9.59 Å². The Hall–Kier alpha value is -1.06. The van der Waals surface area contributed by atoms with Crippen LogP contribution in [-0.2, 0) is 9.59 Å². The second-order valence-corrected chi connectivity index (χ2v) is 9.58. The number of hydrogen-bond acceptors (Lipinski definition) is 2. The molecule has 2 aliphatic heterocycles. The van der Waals surface area contributed by atoms with Gasteiger partial charge in [0.05, 0.1) is 0 Å². The van der Waals surface area contributed by atoms with Gasteiger partial charge in [-0.15, -0.1) is 0 Å². The standard InChI is InChI=1S/C24H42N2O2/c1-3-5-6-7-8-13-22(27)25-21-15-17-24-16-10-18-26(24)23(28)14-9-12-20(24)19(21)11-4-2/h19-21H,3-18H2,1-2H3,(H,25,27)/t19-,20+,21+,24-/m1/s1. The minimum atomic E-state index is 0.106. The Bertz CT molecular complexity index is 535. The van der Waals surface area contributed by atoms with E-state index in [1.165, 1.54) is 38.5 Å². The number of carbonyl (C=O) groups is 2. The lowest BCUT2D eigenvalue weighted by atomic mass is 9.61. The fourth-order valence-electron chi connectivity index (χ4n) is 6.58. The maximum Gasteiger partial charge on any atom is 0.223 e. The molecule has 1 aliphatic carbocycles. The van der Waals surface area contributed by atoms with Crippen molar-refractivity contribution in [2.24, 2.45) is 11.8 Å². The van der Waals surface area contributed by atoms with E-state index in [2.05, 4.69) is 24.1 Å². The van der Waals surface area contributed by atoms with Crippen LogP contribution >= 0.6 is 0 Å². The third-order valence-electron chi connectivity index (χ3n) is 7.82. The SMILES string of the molecule is CCCCCCCC(=O)N[C@H]1CC[C@@]23CCCN2C(=O)CCC[C@H]3[C@H]1CCC. The summed E-state index contributed by atoms with van der Waals surface area (Å²) < 4.78 is 0. The lowest BCUT2D eigenvalue weighted by molar-refractivity contribution is -0.139. The molecule has 2 saturated heterocycles. The summed E-state index contributed by atoms with van der Waals surface area (Å²) in [5.41, 5.74) is 0.106. The molecule has 0 unspecified atom stereocenters. The van der Waals surface area contributed by atoms with E-state index in [-0.39, 0.29) is 11.4 Å². The largest absolute Gasteiger partial charge is 0.353 e. The molecule has 3 rings (SSSR count). The average Bonchev–Trinajstić information content (AvgIpc) is 3.05. The Morgan fingerprint density at radius 2 is 1.89 bits per heavy atom. The van der Waals surface area contributed by atoms with Crippen LogP contribution < -0.4 is 5.32 Å². The van der Waals surface area contributed by atoms with Gasteiger partial charge in [0.1, 0.15) is 0 Å². The summed E-state index contributed by atoms with van der Waals surface area (Å²) in [4.78, 5) is 27.6. The highest BCUT2D eigenvalue weighted by Crippen LogP contribution is 2.52. The normalized spacial score (nSPS) is 32.6. The van der Waals surface area contributed by atoms with Gasteiger partial charge < -0.3 is 10.2 Å². The van der Waals surface area contributed by atoms with Crippen molar-refractivity contribution in [3.8, 4) is 0 Å². The van der Waals surface area contributed by atoms with Crippen LogP contribution in [0.3, 0.4) is 0 Å². The van der Waals surface area contributed by atoms with Crippen LogP contribution in [-0.4, -0.2) is 34.8 Å². The Morgan fingerprint density at radius 3 is 2.68 bits per heavy atom. The van der Waals surface area contributed by atoms with Crippen molar-refractivity contribution in [1.29, 1.82) is 0 Å². The molecular formula is C24H42N2O2. The predicted molar refractivity (Wildman–Crippen MR) is 114 cm³/mol. The van der Waals surface area contributed by atoms with Gasteiger partial charge in [-0.2, -0.15) is 0 Å². The quantitative estimate of drug-likeness (QED) is 0.550. The maximum absolute atomic E-state index is 12.7. The molecular weight excluding hydrogens is 348 g/mol. The van der Waals surface area contributed by atoms with E-state index in [1.807, 2.05) is 0 Å². The molecule has 4 nitrogen and oxygen atoms in total. The molecule has 2 amide bonds. The van der Waals surface area contributed by atoms with Gasteiger partial charge in [-0.25, -0.2) is 0 Å². The van der Waals surface area contributed by atoms with Crippen LogP contribution in [0.15, 0.2) is 0 Å². The van der Waals surface area contributed by atoms with Crippen LogP contribution in [0.25, 0.3) is 0 Å². The van der Waals surface area contributed by atoms with E-state index in [0.717, 1.165) is 57.9 Å².